The number of hydrogen-bond donors (Lipinski definition) is 1. The van der Waals surface area contributed by atoms with Crippen LogP contribution in [-0.2, 0) is 13.2 Å². The molecule has 0 saturated heterocycles. The first kappa shape index (κ1) is 14.8. The van der Waals surface area contributed by atoms with Crippen molar-refractivity contribution in [1.82, 2.24) is 10.3 Å². The van der Waals surface area contributed by atoms with E-state index in [-0.39, 0.29) is 0 Å². The minimum Gasteiger partial charge on any atom is -0.488 e. The average molecular weight is 291 g/mol. The molecule has 1 heterocycles. The molecule has 0 aliphatic heterocycles. The first-order valence-corrected chi connectivity index (χ1v) is 7.10. The molecule has 1 aromatic carbocycles. The van der Waals surface area contributed by atoms with Crippen LogP contribution < -0.4 is 10.1 Å². The van der Waals surface area contributed by atoms with Gasteiger partial charge >= 0.3 is 0 Å². The number of rotatable bonds is 6. The van der Waals surface area contributed by atoms with Crippen LogP contribution in [0.3, 0.4) is 0 Å². The third-order valence-electron chi connectivity index (χ3n) is 2.95. The van der Waals surface area contributed by atoms with Crippen molar-refractivity contribution in [3.8, 4) is 5.75 Å². The minimum absolute atomic E-state index is 0.494. The standard InChI is InChI=1S/C16H19ClN2O/c1-3-18-10-14-15(17)5-4-6-16(14)20-11-13-7-12(2)8-19-9-13/h4-9,18H,3,10-11H2,1-2H3. The third kappa shape index (κ3) is 3.95. The summed E-state index contributed by atoms with van der Waals surface area (Å²) in [7, 11) is 0. The summed E-state index contributed by atoms with van der Waals surface area (Å²) in [6.07, 6.45) is 3.65. The molecule has 0 spiro atoms. The Morgan fingerprint density at radius 3 is 2.90 bits per heavy atom. The van der Waals surface area contributed by atoms with Gasteiger partial charge in [0.2, 0.25) is 0 Å². The van der Waals surface area contributed by atoms with Gasteiger partial charge in [0.15, 0.2) is 0 Å². The molecule has 0 aliphatic carbocycles. The van der Waals surface area contributed by atoms with Gasteiger partial charge in [0.05, 0.1) is 0 Å². The molecule has 1 aromatic heterocycles. The van der Waals surface area contributed by atoms with Crippen LogP contribution in [0.2, 0.25) is 5.02 Å². The molecule has 106 valence electrons. The van der Waals surface area contributed by atoms with Gasteiger partial charge < -0.3 is 10.1 Å². The highest BCUT2D eigenvalue weighted by Gasteiger charge is 2.08. The highest BCUT2D eigenvalue weighted by Crippen LogP contribution is 2.27. The van der Waals surface area contributed by atoms with E-state index >= 15 is 0 Å². The maximum absolute atomic E-state index is 6.24. The monoisotopic (exact) mass is 290 g/mol. The van der Waals surface area contributed by atoms with Gasteiger partial charge in [0.1, 0.15) is 12.4 Å². The number of nitrogens with zero attached hydrogens (tertiary/aromatic N) is 1. The predicted molar refractivity (Wildman–Crippen MR) is 82.1 cm³/mol. The highest BCUT2D eigenvalue weighted by molar-refractivity contribution is 6.31. The molecule has 0 atom stereocenters. The summed E-state index contributed by atoms with van der Waals surface area (Å²) in [4.78, 5) is 4.17. The average Bonchev–Trinajstić information content (AvgIpc) is 2.44. The molecule has 0 unspecified atom stereocenters. The fraction of sp³-hybridized carbons (Fsp3) is 0.312. The summed E-state index contributed by atoms with van der Waals surface area (Å²) in [5.74, 6) is 0.819. The molecule has 20 heavy (non-hydrogen) atoms. The van der Waals surface area contributed by atoms with E-state index in [1.165, 1.54) is 0 Å². The Hall–Kier alpha value is -1.58. The molecular weight excluding hydrogens is 272 g/mol. The van der Waals surface area contributed by atoms with Gasteiger partial charge in [-0.25, -0.2) is 0 Å². The second-order valence-electron chi connectivity index (χ2n) is 4.66. The van der Waals surface area contributed by atoms with Gasteiger partial charge in [-0.15, -0.1) is 0 Å². The van der Waals surface area contributed by atoms with E-state index in [0.717, 1.165) is 34.0 Å². The van der Waals surface area contributed by atoms with Crippen molar-refractivity contribution < 1.29 is 4.74 Å². The van der Waals surface area contributed by atoms with Crippen LogP contribution in [0.25, 0.3) is 0 Å². The maximum atomic E-state index is 6.24. The topological polar surface area (TPSA) is 34.1 Å². The first-order chi connectivity index (χ1) is 9.70. The summed E-state index contributed by atoms with van der Waals surface area (Å²) in [5, 5.41) is 4.00. The van der Waals surface area contributed by atoms with Crippen LogP contribution in [0.4, 0.5) is 0 Å². The van der Waals surface area contributed by atoms with Gasteiger partial charge in [-0.1, -0.05) is 24.6 Å². The highest BCUT2D eigenvalue weighted by atomic mass is 35.5. The van der Waals surface area contributed by atoms with Crippen molar-refractivity contribution in [2.75, 3.05) is 6.54 Å². The number of benzene rings is 1. The van der Waals surface area contributed by atoms with Gasteiger partial charge in [-0.2, -0.15) is 0 Å². The second kappa shape index (κ2) is 7.27. The van der Waals surface area contributed by atoms with E-state index in [4.69, 9.17) is 16.3 Å². The Morgan fingerprint density at radius 2 is 2.15 bits per heavy atom. The van der Waals surface area contributed by atoms with Crippen molar-refractivity contribution in [2.24, 2.45) is 0 Å². The van der Waals surface area contributed by atoms with Crippen molar-refractivity contribution >= 4 is 11.6 Å². The Morgan fingerprint density at radius 1 is 1.30 bits per heavy atom. The molecule has 0 fully saturated rings. The van der Waals surface area contributed by atoms with Crippen LogP contribution in [-0.4, -0.2) is 11.5 Å². The lowest BCUT2D eigenvalue weighted by Crippen LogP contribution is -2.13. The number of aryl methyl sites for hydroxylation is 1. The van der Waals surface area contributed by atoms with E-state index in [1.54, 1.807) is 0 Å². The molecule has 0 saturated carbocycles. The largest absolute Gasteiger partial charge is 0.488 e. The van der Waals surface area contributed by atoms with Gasteiger partial charge in [-0.3, -0.25) is 4.98 Å². The van der Waals surface area contributed by atoms with E-state index in [2.05, 4.69) is 23.3 Å². The lowest BCUT2D eigenvalue weighted by molar-refractivity contribution is 0.301. The minimum atomic E-state index is 0.494. The zero-order chi connectivity index (χ0) is 14.4. The summed E-state index contributed by atoms with van der Waals surface area (Å²) in [5.41, 5.74) is 3.18. The third-order valence-corrected chi connectivity index (χ3v) is 3.31. The number of aromatic nitrogens is 1. The van der Waals surface area contributed by atoms with E-state index in [0.29, 0.717) is 13.2 Å². The second-order valence-corrected chi connectivity index (χ2v) is 5.06. The fourth-order valence-corrected chi connectivity index (χ4v) is 2.19. The van der Waals surface area contributed by atoms with Gasteiger partial charge in [-0.05, 0) is 37.2 Å². The predicted octanol–water partition coefficient (Wildman–Crippen LogP) is 3.73. The zero-order valence-electron chi connectivity index (χ0n) is 11.8. The van der Waals surface area contributed by atoms with Crippen molar-refractivity contribution in [3.05, 3.63) is 58.4 Å². The fourth-order valence-electron chi connectivity index (χ4n) is 1.95. The first-order valence-electron chi connectivity index (χ1n) is 6.72. The van der Waals surface area contributed by atoms with E-state index < -0.39 is 0 Å². The van der Waals surface area contributed by atoms with Gasteiger partial charge in [0.25, 0.3) is 0 Å². The molecule has 1 N–H and O–H groups in total. The van der Waals surface area contributed by atoms with Crippen LogP contribution >= 0.6 is 11.6 Å². The Labute approximate surface area is 124 Å². The van der Waals surface area contributed by atoms with Crippen LogP contribution in [0.15, 0.2) is 36.7 Å². The zero-order valence-corrected chi connectivity index (χ0v) is 12.6. The number of hydrogen-bond acceptors (Lipinski definition) is 3. The Bertz CT molecular complexity index is 572. The molecule has 2 rings (SSSR count). The normalized spacial score (nSPS) is 10.6. The molecule has 4 heteroatoms. The Balaban J connectivity index is 2.10. The maximum Gasteiger partial charge on any atom is 0.125 e. The Kier molecular flexibility index (Phi) is 5.39. The molecule has 0 aliphatic rings. The van der Waals surface area contributed by atoms with Crippen molar-refractivity contribution in [2.45, 2.75) is 27.0 Å². The number of halogens is 1. The summed E-state index contributed by atoms with van der Waals surface area (Å²) in [6, 6.07) is 7.81. The van der Waals surface area contributed by atoms with E-state index in [1.807, 2.05) is 37.5 Å². The molecular formula is C16H19ClN2O. The summed E-state index contributed by atoms with van der Waals surface area (Å²) >= 11 is 6.24. The SMILES string of the molecule is CCNCc1c(Cl)cccc1OCc1cncc(C)c1. The number of pyridine rings is 1. The smallest absolute Gasteiger partial charge is 0.125 e. The van der Waals surface area contributed by atoms with E-state index in [9.17, 15) is 0 Å². The van der Waals surface area contributed by atoms with Crippen molar-refractivity contribution in [3.63, 3.8) is 0 Å². The number of ether oxygens (including phenoxy) is 1. The molecule has 0 bridgehead atoms. The molecule has 2 aromatic rings. The molecule has 0 radical (unpaired) electrons. The van der Waals surface area contributed by atoms with Crippen molar-refractivity contribution in [1.29, 1.82) is 0 Å². The summed E-state index contributed by atoms with van der Waals surface area (Å²) in [6.45, 7) is 6.18. The molecule has 0 amide bonds. The number of nitrogens with one attached hydrogen (secondary N) is 1. The lowest BCUT2D eigenvalue weighted by atomic mass is 10.2. The van der Waals surface area contributed by atoms with Crippen LogP contribution in [0.5, 0.6) is 5.75 Å². The lowest BCUT2D eigenvalue weighted by Gasteiger charge is -2.13. The quantitative estimate of drug-likeness (QED) is 0.880. The van der Waals surface area contributed by atoms with Gasteiger partial charge in [0, 0.05) is 35.1 Å². The molecule has 3 nitrogen and oxygen atoms in total. The van der Waals surface area contributed by atoms with Crippen LogP contribution in [0.1, 0.15) is 23.6 Å². The summed E-state index contributed by atoms with van der Waals surface area (Å²) < 4.78 is 5.89. The van der Waals surface area contributed by atoms with Crippen LogP contribution in [0, 0.1) is 6.92 Å².